The van der Waals surface area contributed by atoms with E-state index in [-0.39, 0.29) is 5.92 Å². The maximum atomic E-state index is 12.4. The number of rotatable bonds is 3. The molecule has 0 saturated heterocycles. The van der Waals surface area contributed by atoms with Crippen molar-refractivity contribution in [2.45, 2.75) is 45.4 Å². The smallest absolute Gasteiger partial charge is 0.143 e. The molecule has 1 fully saturated rings. The van der Waals surface area contributed by atoms with Crippen LogP contribution in [0.4, 0.5) is 0 Å². The number of ketones is 1. The Hall–Kier alpha value is -1.11. The van der Waals surface area contributed by atoms with Gasteiger partial charge in [0.1, 0.15) is 5.78 Å². The molecule has 2 rings (SSSR count). The van der Waals surface area contributed by atoms with Crippen LogP contribution >= 0.6 is 0 Å². The minimum absolute atomic E-state index is 0.0616. The van der Waals surface area contributed by atoms with E-state index in [1.807, 2.05) is 18.2 Å². The molecular formula is C16H22O. The van der Waals surface area contributed by atoms with Gasteiger partial charge in [0.25, 0.3) is 0 Å². The van der Waals surface area contributed by atoms with Gasteiger partial charge in [-0.3, -0.25) is 4.79 Å². The van der Waals surface area contributed by atoms with Crippen molar-refractivity contribution in [1.29, 1.82) is 0 Å². The Morgan fingerprint density at radius 3 is 2.59 bits per heavy atom. The molecule has 0 radical (unpaired) electrons. The summed E-state index contributed by atoms with van der Waals surface area (Å²) in [4.78, 5) is 12.4. The molecule has 3 atom stereocenters. The Morgan fingerprint density at radius 2 is 1.94 bits per heavy atom. The SMILES string of the molecule is CC1CCCC(C(=O)C(C)c2ccccc2)C1. The van der Waals surface area contributed by atoms with Crippen molar-refractivity contribution < 1.29 is 4.79 Å². The molecule has 0 spiro atoms. The van der Waals surface area contributed by atoms with Crippen LogP contribution in [-0.2, 0) is 4.79 Å². The fourth-order valence-electron chi connectivity index (χ4n) is 2.95. The molecule has 17 heavy (non-hydrogen) atoms. The van der Waals surface area contributed by atoms with Crippen LogP contribution in [0.3, 0.4) is 0 Å². The van der Waals surface area contributed by atoms with Crippen molar-refractivity contribution in [3.63, 3.8) is 0 Å². The standard InChI is InChI=1S/C16H22O/c1-12-7-6-10-15(11-12)16(17)13(2)14-8-4-3-5-9-14/h3-5,8-9,12-13,15H,6-7,10-11H2,1-2H3. The monoisotopic (exact) mass is 230 g/mol. The Morgan fingerprint density at radius 1 is 1.24 bits per heavy atom. The first-order valence-electron chi connectivity index (χ1n) is 6.77. The topological polar surface area (TPSA) is 17.1 Å². The third kappa shape index (κ3) is 2.96. The van der Waals surface area contributed by atoms with Crippen LogP contribution in [0.25, 0.3) is 0 Å². The molecule has 0 amide bonds. The summed E-state index contributed by atoms with van der Waals surface area (Å²) in [6.07, 6.45) is 4.71. The molecule has 0 N–H and O–H groups in total. The lowest BCUT2D eigenvalue weighted by Gasteiger charge is -2.27. The predicted octanol–water partition coefficient (Wildman–Crippen LogP) is 4.19. The van der Waals surface area contributed by atoms with Gasteiger partial charge >= 0.3 is 0 Å². The summed E-state index contributed by atoms with van der Waals surface area (Å²) in [5.74, 6) is 1.53. The van der Waals surface area contributed by atoms with E-state index in [1.165, 1.54) is 12.8 Å². The number of hydrogen-bond donors (Lipinski definition) is 0. The highest BCUT2D eigenvalue weighted by molar-refractivity contribution is 5.87. The zero-order chi connectivity index (χ0) is 12.3. The Bertz CT molecular complexity index is 368. The van der Waals surface area contributed by atoms with Crippen molar-refractivity contribution >= 4 is 5.78 Å². The first-order chi connectivity index (χ1) is 8.18. The molecule has 1 nitrogen and oxygen atoms in total. The van der Waals surface area contributed by atoms with Crippen LogP contribution in [0.2, 0.25) is 0 Å². The first kappa shape index (κ1) is 12.3. The third-order valence-electron chi connectivity index (χ3n) is 4.07. The van der Waals surface area contributed by atoms with Crippen molar-refractivity contribution in [2.75, 3.05) is 0 Å². The fourth-order valence-corrected chi connectivity index (χ4v) is 2.95. The average molecular weight is 230 g/mol. The van der Waals surface area contributed by atoms with Gasteiger partial charge in [-0.25, -0.2) is 0 Å². The highest BCUT2D eigenvalue weighted by Crippen LogP contribution is 2.33. The maximum absolute atomic E-state index is 12.4. The normalized spacial score (nSPS) is 26.5. The van der Waals surface area contributed by atoms with E-state index in [1.54, 1.807) is 0 Å². The number of benzene rings is 1. The second kappa shape index (κ2) is 5.48. The molecule has 1 aromatic rings. The number of carbonyl (C=O) groups is 1. The molecular weight excluding hydrogens is 208 g/mol. The molecule has 0 aromatic heterocycles. The minimum atomic E-state index is 0.0616. The Kier molecular flexibility index (Phi) is 3.98. The molecule has 0 bridgehead atoms. The summed E-state index contributed by atoms with van der Waals surface area (Å²) < 4.78 is 0. The van der Waals surface area contributed by atoms with Crippen LogP contribution in [-0.4, -0.2) is 5.78 Å². The van der Waals surface area contributed by atoms with Gasteiger partial charge in [0.2, 0.25) is 0 Å². The average Bonchev–Trinajstić information content (AvgIpc) is 2.38. The molecule has 0 heterocycles. The summed E-state index contributed by atoms with van der Waals surface area (Å²) in [6.45, 7) is 4.32. The quantitative estimate of drug-likeness (QED) is 0.761. The molecule has 1 heteroatoms. The summed E-state index contributed by atoms with van der Waals surface area (Å²) >= 11 is 0. The molecule has 92 valence electrons. The molecule has 1 saturated carbocycles. The summed E-state index contributed by atoms with van der Waals surface area (Å²) in [5, 5.41) is 0. The zero-order valence-electron chi connectivity index (χ0n) is 10.9. The van der Waals surface area contributed by atoms with E-state index < -0.39 is 0 Å². The van der Waals surface area contributed by atoms with Gasteiger partial charge in [-0.05, 0) is 24.3 Å². The van der Waals surface area contributed by atoms with Gasteiger partial charge in [-0.1, -0.05) is 57.0 Å². The van der Waals surface area contributed by atoms with E-state index in [0.29, 0.717) is 11.7 Å². The lowest BCUT2D eigenvalue weighted by atomic mass is 9.76. The van der Waals surface area contributed by atoms with E-state index >= 15 is 0 Å². The zero-order valence-corrected chi connectivity index (χ0v) is 10.9. The van der Waals surface area contributed by atoms with Crippen molar-refractivity contribution in [1.82, 2.24) is 0 Å². The van der Waals surface area contributed by atoms with E-state index in [0.717, 1.165) is 24.3 Å². The van der Waals surface area contributed by atoms with E-state index in [2.05, 4.69) is 26.0 Å². The summed E-state index contributed by atoms with van der Waals surface area (Å²) in [6, 6.07) is 10.2. The molecule has 1 aromatic carbocycles. The molecule has 1 aliphatic carbocycles. The van der Waals surface area contributed by atoms with Crippen LogP contribution < -0.4 is 0 Å². The minimum Gasteiger partial charge on any atom is -0.299 e. The van der Waals surface area contributed by atoms with Crippen LogP contribution in [0.1, 0.15) is 51.0 Å². The lowest BCUT2D eigenvalue weighted by Crippen LogP contribution is -2.25. The first-order valence-corrected chi connectivity index (χ1v) is 6.77. The highest BCUT2D eigenvalue weighted by atomic mass is 16.1. The van der Waals surface area contributed by atoms with Gasteiger partial charge in [-0.2, -0.15) is 0 Å². The van der Waals surface area contributed by atoms with Crippen LogP contribution in [0, 0.1) is 11.8 Å². The van der Waals surface area contributed by atoms with Crippen LogP contribution in [0.5, 0.6) is 0 Å². The lowest BCUT2D eigenvalue weighted by molar-refractivity contribution is -0.125. The van der Waals surface area contributed by atoms with E-state index in [9.17, 15) is 4.79 Å². The second-order valence-electron chi connectivity index (χ2n) is 5.50. The third-order valence-corrected chi connectivity index (χ3v) is 4.07. The fraction of sp³-hybridized carbons (Fsp3) is 0.562. The number of hydrogen-bond acceptors (Lipinski definition) is 1. The van der Waals surface area contributed by atoms with Gasteiger partial charge in [0, 0.05) is 11.8 Å². The maximum Gasteiger partial charge on any atom is 0.143 e. The Labute approximate surface area is 104 Å². The Balaban J connectivity index is 2.04. The van der Waals surface area contributed by atoms with Crippen molar-refractivity contribution in [3.05, 3.63) is 35.9 Å². The van der Waals surface area contributed by atoms with E-state index in [4.69, 9.17) is 0 Å². The molecule has 1 aliphatic rings. The number of carbonyl (C=O) groups excluding carboxylic acids is 1. The second-order valence-corrected chi connectivity index (χ2v) is 5.50. The van der Waals surface area contributed by atoms with Gasteiger partial charge in [-0.15, -0.1) is 0 Å². The highest BCUT2D eigenvalue weighted by Gasteiger charge is 2.28. The van der Waals surface area contributed by atoms with Crippen molar-refractivity contribution in [2.24, 2.45) is 11.8 Å². The van der Waals surface area contributed by atoms with Crippen LogP contribution in [0.15, 0.2) is 30.3 Å². The summed E-state index contributed by atoms with van der Waals surface area (Å²) in [5.41, 5.74) is 1.16. The number of Topliss-reactive ketones (excluding diaryl/α,β-unsaturated/α-hetero) is 1. The van der Waals surface area contributed by atoms with Gasteiger partial charge < -0.3 is 0 Å². The molecule has 3 unspecified atom stereocenters. The molecule has 0 aliphatic heterocycles. The summed E-state index contributed by atoms with van der Waals surface area (Å²) in [7, 11) is 0. The van der Waals surface area contributed by atoms with Gasteiger partial charge in [0.15, 0.2) is 0 Å². The van der Waals surface area contributed by atoms with Gasteiger partial charge in [0.05, 0.1) is 0 Å². The predicted molar refractivity (Wildman–Crippen MR) is 71.0 cm³/mol. The van der Waals surface area contributed by atoms with Crippen molar-refractivity contribution in [3.8, 4) is 0 Å². The largest absolute Gasteiger partial charge is 0.299 e.